The van der Waals surface area contributed by atoms with E-state index in [1.807, 2.05) is 0 Å². The van der Waals surface area contributed by atoms with Crippen LogP contribution in [0.25, 0.3) is 11.5 Å². The molecule has 0 aromatic carbocycles. The predicted octanol–water partition coefficient (Wildman–Crippen LogP) is 1.29. The van der Waals surface area contributed by atoms with Crippen molar-refractivity contribution in [2.24, 2.45) is 0 Å². The van der Waals surface area contributed by atoms with Crippen LogP contribution in [0.3, 0.4) is 0 Å². The third kappa shape index (κ3) is 3.65. The van der Waals surface area contributed by atoms with E-state index in [9.17, 15) is 14.4 Å². The van der Waals surface area contributed by atoms with Crippen LogP contribution >= 0.6 is 0 Å². The van der Waals surface area contributed by atoms with E-state index in [1.54, 1.807) is 34.3 Å². The molecule has 1 unspecified atom stereocenters. The Bertz CT molecular complexity index is 889. The first kappa shape index (κ1) is 17.5. The Labute approximate surface area is 156 Å². The summed E-state index contributed by atoms with van der Waals surface area (Å²) < 4.78 is 6.82. The van der Waals surface area contributed by atoms with Gasteiger partial charge in [-0.05, 0) is 37.5 Å². The van der Waals surface area contributed by atoms with E-state index in [2.05, 4.69) is 5.10 Å². The van der Waals surface area contributed by atoms with Crippen LogP contribution in [-0.2, 0) is 9.59 Å². The van der Waals surface area contributed by atoms with E-state index in [0.717, 1.165) is 19.3 Å². The topological polar surface area (TPSA) is 88.7 Å². The molecule has 0 radical (unpaired) electrons. The Hall–Kier alpha value is -2.90. The predicted molar refractivity (Wildman–Crippen MR) is 96.9 cm³/mol. The van der Waals surface area contributed by atoms with Crippen molar-refractivity contribution in [2.75, 3.05) is 26.2 Å². The second-order valence-electron chi connectivity index (χ2n) is 7.03. The Kier molecular flexibility index (Phi) is 4.79. The molecule has 2 aromatic rings. The molecule has 8 nitrogen and oxygen atoms in total. The molecule has 4 rings (SSSR count). The lowest BCUT2D eigenvalue weighted by Crippen LogP contribution is -2.47. The molecular weight excluding hydrogens is 348 g/mol. The van der Waals surface area contributed by atoms with Gasteiger partial charge in [-0.1, -0.05) is 0 Å². The summed E-state index contributed by atoms with van der Waals surface area (Å²) in [5.41, 5.74) is 0.394. The second-order valence-corrected chi connectivity index (χ2v) is 7.03. The molecule has 0 saturated carbocycles. The highest BCUT2D eigenvalue weighted by molar-refractivity contribution is 5.85. The second kappa shape index (κ2) is 7.38. The van der Waals surface area contributed by atoms with E-state index < -0.39 is 0 Å². The van der Waals surface area contributed by atoms with Gasteiger partial charge in [0.2, 0.25) is 11.8 Å². The summed E-state index contributed by atoms with van der Waals surface area (Å²) in [5.74, 6) is 0.575. The number of carbonyl (C=O) groups is 2. The maximum atomic E-state index is 12.6. The van der Waals surface area contributed by atoms with Crippen molar-refractivity contribution in [3.8, 4) is 11.5 Å². The molecule has 2 amide bonds. The lowest BCUT2D eigenvalue weighted by Gasteiger charge is -2.34. The number of amides is 2. The molecule has 2 aliphatic rings. The fourth-order valence-electron chi connectivity index (χ4n) is 3.76. The van der Waals surface area contributed by atoms with Gasteiger partial charge in [0.05, 0.1) is 18.8 Å². The van der Waals surface area contributed by atoms with Crippen LogP contribution in [0.1, 0.15) is 31.7 Å². The number of hydrogen-bond acceptors (Lipinski definition) is 5. The van der Waals surface area contributed by atoms with Gasteiger partial charge in [0.1, 0.15) is 5.69 Å². The van der Waals surface area contributed by atoms with Crippen LogP contribution in [0, 0.1) is 0 Å². The zero-order valence-electron chi connectivity index (χ0n) is 15.0. The van der Waals surface area contributed by atoms with E-state index in [0.29, 0.717) is 37.5 Å². The van der Waals surface area contributed by atoms with Gasteiger partial charge >= 0.3 is 0 Å². The van der Waals surface area contributed by atoms with Crippen molar-refractivity contribution >= 4 is 11.8 Å². The molecule has 4 heterocycles. The van der Waals surface area contributed by atoms with Gasteiger partial charge in [-0.2, -0.15) is 5.10 Å². The van der Waals surface area contributed by atoms with Gasteiger partial charge in [-0.3, -0.25) is 14.4 Å². The third-order valence-corrected chi connectivity index (χ3v) is 5.19. The molecule has 8 heteroatoms. The standard InChI is InChI=1S/C19H22N4O4/c24-17-6-2-10-22(17)13-19(26)21-9-1-4-14(12-21)23-18(25)8-7-15(20-23)16-5-3-11-27-16/h3,5,7-8,11,14H,1-2,4,6,9-10,12-13H2. The van der Waals surface area contributed by atoms with Gasteiger partial charge < -0.3 is 14.2 Å². The summed E-state index contributed by atoms with van der Waals surface area (Å²) in [6, 6.07) is 6.50. The first-order valence-electron chi connectivity index (χ1n) is 9.31. The minimum absolute atomic E-state index is 0.0425. The van der Waals surface area contributed by atoms with E-state index in [1.165, 1.54) is 10.7 Å². The molecule has 0 bridgehead atoms. The molecule has 1 atom stereocenters. The van der Waals surface area contributed by atoms with Crippen molar-refractivity contribution in [1.29, 1.82) is 0 Å². The third-order valence-electron chi connectivity index (χ3n) is 5.19. The molecule has 2 aliphatic heterocycles. The van der Waals surface area contributed by atoms with Crippen LogP contribution in [0.5, 0.6) is 0 Å². The van der Waals surface area contributed by atoms with E-state index >= 15 is 0 Å². The SMILES string of the molecule is O=C1CCCN1CC(=O)N1CCCC(n2nc(-c3ccco3)ccc2=O)C1. The number of piperidine rings is 1. The summed E-state index contributed by atoms with van der Waals surface area (Å²) in [6.45, 7) is 1.84. The number of furan rings is 1. The molecule has 2 fully saturated rings. The zero-order chi connectivity index (χ0) is 18.8. The van der Waals surface area contributed by atoms with Crippen LogP contribution < -0.4 is 5.56 Å². The molecule has 0 aliphatic carbocycles. The molecule has 0 N–H and O–H groups in total. The van der Waals surface area contributed by atoms with Crippen LogP contribution in [0.2, 0.25) is 0 Å². The van der Waals surface area contributed by atoms with Gasteiger partial charge in [-0.25, -0.2) is 4.68 Å². The number of nitrogens with zero attached hydrogens (tertiary/aromatic N) is 4. The normalized spacial score (nSPS) is 20.3. The van der Waals surface area contributed by atoms with Gasteiger partial charge in [0.15, 0.2) is 5.76 Å². The fourth-order valence-corrected chi connectivity index (χ4v) is 3.76. The first-order valence-corrected chi connectivity index (χ1v) is 9.31. The zero-order valence-corrected chi connectivity index (χ0v) is 15.0. The molecule has 27 heavy (non-hydrogen) atoms. The van der Waals surface area contributed by atoms with E-state index in [4.69, 9.17) is 4.42 Å². The highest BCUT2D eigenvalue weighted by Crippen LogP contribution is 2.22. The lowest BCUT2D eigenvalue weighted by atomic mass is 10.1. The largest absolute Gasteiger partial charge is 0.463 e. The Balaban J connectivity index is 1.49. The summed E-state index contributed by atoms with van der Waals surface area (Å²) >= 11 is 0. The molecular formula is C19H22N4O4. The number of likely N-dealkylation sites (tertiary alicyclic amines) is 2. The van der Waals surface area contributed by atoms with Crippen LogP contribution in [0.4, 0.5) is 0 Å². The quantitative estimate of drug-likeness (QED) is 0.809. The molecule has 2 aromatic heterocycles. The average molecular weight is 370 g/mol. The van der Waals surface area contributed by atoms with Gasteiger partial charge in [0, 0.05) is 32.1 Å². The minimum Gasteiger partial charge on any atom is -0.463 e. The first-order chi connectivity index (χ1) is 13.1. The number of carbonyl (C=O) groups excluding carboxylic acids is 2. The van der Waals surface area contributed by atoms with Crippen LogP contribution in [0.15, 0.2) is 39.7 Å². The van der Waals surface area contributed by atoms with Crippen molar-refractivity contribution in [1.82, 2.24) is 19.6 Å². The number of hydrogen-bond donors (Lipinski definition) is 0. The van der Waals surface area contributed by atoms with Crippen molar-refractivity contribution in [3.05, 3.63) is 40.9 Å². The Morgan fingerprint density at radius 3 is 2.81 bits per heavy atom. The highest BCUT2D eigenvalue weighted by atomic mass is 16.3. The maximum absolute atomic E-state index is 12.6. The van der Waals surface area contributed by atoms with E-state index in [-0.39, 0.29) is 30.0 Å². The van der Waals surface area contributed by atoms with Gasteiger partial charge in [-0.15, -0.1) is 0 Å². The summed E-state index contributed by atoms with van der Waals surface area (Å²) in [7, 11) is 0. The summed E-state index contributed by atoms with van der Waals surface area (Å²) in [6.07, 6.45) is 4.47. The smallest absolute Gasteiger partial charge is 0.267 e. The number of rotatable bonds is 4. The van der Waals surface area contributed by atoms with Crippen LogP contribution in [-0.4, -0.2) is 57.6 Å². The minimum atomic E-state index is -0.195. The summed E-state index contributed by atoms with van der Waals surface area (Å²) in [5, 5.41) is 4.46. The lowest BCUT2D eigenvalue weighted by molar-refractivity contribution is -0.139. The Morgan fingerprint density at radius 1 is 1.19 bits per heavy atom. The summed E-state index contributed by atoms with van der Waals surface area (Å²) in [4.78, 5) is 40.1. The van der Waals surface area contributed by atoms with Crippen molar-refractivity contribution in [3.63, 3.8) is 0 Å². The number of aromatic nitrogens is 2. The Morgan fingerprint density at radius 2 is 2.07 bits per heavy atom. The van der Waals surface area contributed by atoms with Crippen molar-refractivity contribution in [2.45, 2.75) is 31.7 Å². The maximum Gasteiger partial charge on any atom is 0.267 e. The monoisotopic (exact) mass is 370 g/mol. The van der Waals surface area contributed by atoms with Crippen molar-refractivity contribution < 1.29 is 14.0 Å². The fraction of sp³-hybridized carbons (Fsp3) is 0.474. The van der Waals surface area contributed by atoms with Gasteiger partial charge in [0.25, 0.3) is 5.56 Å². The molecule has 142 valence electrons. The average Bonchev–Trinajstić information content (AvgIpc) is 3.35. The molecule has 0 spiro atoms. The molecule has 2 saturated heterocycles. The highest BCUT2D eigenvalue weighted by Gasteiger charge is 2.29.